The Bertz CT molecular complexity index is 656. The maximum atomic E-state index is 12.3. The van der Waals surface area contributed by atoms with E-state index in [9.17, 15) is 16.8 Å². The number of H-pyrrole nitrogens is 1. The summed E-state index contributed by atoms with van der Waals surface area (Å²) in [6.07, 6.45) is 2.39. The molecule has 0 radical (unpaired) electrons. The molecule has 0 spiro atoms. The van der Waals surface area contributed by atoms with Crippen molar-refractivity contribution in [1.29, 1.82) is 0 Å². The van der Waals surface area contributed by atoms with Crippen LogP contribution in [0, 0.1) is 6.92 Å². The second-order valence-electron chi connectivity index (χ2n) is 4.43. The molecule has 2 rings (SSSR count). The molecule has 0 atom stereocenters. The topological polar surface area (TPSA) is 103 Å². The molecule has 0 aliphatic carbocycles. The van der Waals surface area contributed by atoms with Gasteiger partial charge in [-0.05, 0) is 6.92 Å². The summed E-state index contributed by atoms with van der Waals surface area (Å²) in [5.41, 5.74) is 0.477. The van der Waals surface area contributed by atoms with Gasteiger partial charge < -0.3 is 0 Å². The molecule has 1 aromatic rings. The van der Waals surface area contributed by atoms with Gasteiger partial charge in [0, 0.05) is 26.2 Å². The van der Waals surface area contributed by atoms with Crippen LogP contribution in [0.25, 0.3) is 0 Å². The Hall–Kier alpha value is -0.970. The Labute approximate surface area is 112 Å². The lowest BCUT2D eigenvalue weighted by Crippen LogP contribution is -2.50. The zero-order valence-electron chi connectivity index (χ0n) is 10.7. The van der Waals surface area contributed by atoms with Gasteiger partial charge in [-0.25, -0.2) is 16.8 Å². The van der Waals surface area contributed by atoms with Crippen molar-refractivity contribution in [2.45, 2.75) is 11.8 Å². The predicted octanol–water partition coefficient (Wildman–Crippen LogP) is -1.02. The summed E-state index contributed by atoms with van der Waals surface area (Å²) >= 11 is 0. The fourth-order valence-corrected chi connectivity index (χ4v) is 4.35. The van der Waals surface area contributed by atoms with Gasteiger partial charge in [-0.15, -0.1) is 0 Å². The Morgan fingerprint density at radius 2 is 1.63 bits per heavy atom. The lowest BCUT2D eigenvalue weighted by molar-refractivity contribution is 0.274. The molecule has 0 unspecified atom stereocenters. The highest BCUT2D eigenvalue weighted by molar-refractivity contribution is 7.89. The Balaban J connectivity index is 2.16. The number of aryl methyl sites for hydroxylation is 1. The monoisotopic (exact) mass is 308 g/mol. The van der Waals surface area contributed by atoms with E-state index in [-0.39, 0.29) is 31.1 Å². The van der Waals surface area contributed by atoms with Crippen molar-refractivity contribution < 1.29 is 16.8 Å². The molecule has 0 amide bonds. The first kappa shape index (κ1) is 14.4. The van der Waals surface area contributed by atoms with E-state index in [0.717, 1.165) is 6.26 Å². The molecule has 1 aliphatic heterocycles. The molecule has 0 bridgehead atoms. The van der Waals surface area contributed by atoms with Gasteiger partial charge in [-0.3, -0.25) is 5.10 Å². The normalized spacial score (nSPS) is 19.7. The number of sulfonamides is 2. The first-order valence-electron chi connectivity index (χ1n) is 5.68. The number of hydrogen-bond acceptors (Lipinski definition) is 5. The zero-order chi connectivity index (χ0) is 14.3. The second kappa shape index (κ2) is 4.85. The number of aromatic amines is 1. The second-order valence-corrected chi connectivity index (χ2v) is 8.31. The van der Waals surface area contributed by atoms with Gasteiger partial charge in [0.05, 0.1) is 18.1 Å². The smallest absolute Gasteiger partial charge is 0.246 e. The molecule has 8 nitrogen and oxygen atoms in total. The fraction of sp³-hybridized carbons (Fsp3) is 0.667. The van der Waals surface area contributed by atoms with Gasteiger partial charge >= 0.3 is 0 Å². The van der Waals surface area contributed by atoms with E-state index in [1.807, 2.05) is 0 Å². The van der Waals surface area contributed by atoms with Crippen LogP contribution in [0.1, 0.15) is 5.69 Å². The third kappa shape index (κ3) is 2.81. The molecule has 1 fully saturated rings. The Kier molecular flexibility index (Phi) is 3.69. The summed E-state index contributed by atoms with van der Waals surface area (Å²) in [6.45, 7) is 2.29. The van der Waals surface area contributed by atoms with Crippen molar-refractivity contribution in [1.82, 2.24) is 18.8 Å². The van der Waals surface area contributed by atoms with E-state index in [4.69, 9.17) is 0 Å². The highest BCUT2D eigenvalue weighted by Crippen LogP contribution is 2.19. The number of hydrogen-bond donors (Lipinski definition) is 1. The maximum absolute atomic E-state index is 12.3. The third-order valence-electron chi connectivity index (χ3n) is 3.07. The molecular weight excluding hydrogens is 292 g/mol. The molecular formula is C9H16N4O4S2. The Morgan fingerprint density at radius 3 is 2.05 bits per heavy atom. The van der Waals surface area contributed by atoms with E-state index in [0.29, 0.717) is 5.69 Å². The van der Waals surface area contributed by atoms with Gasteiger partial charge in [0.1, 0.15) is 4.90 Å². The number of nitrogens with one attached hydrogen (secondary N) is 1. The van der Waals surface area contributed by atoms with E-state index < -0.39 is 20.0 Å². The lowest BCUT2D eigenvalue weighted by Gasteiger charge is -2.32. The highest BCUT2D eigenvalue weighted by Gasteiger charge is 2.32. The van der Waals surface area contributed by atoms with E-state index in [1.54, 1.807) is 6.92 Å². The molecule has 2 heterocycles. The van der Waals surface area contributed by atoms with E-state index in [2.05, 4.69) is 10.2 Å². The lowest BCUT2D eigenvalue weighted by atomic mass is 10.4. The third-order valence-corrected chi connectivity index (χ3v) is 6.38. The zero-order valence-corrected chi connectivity index (χ0v) is 12.3. The van der Waals surface area contributed by atoms with Crippen LogP contribution in [0.4, 0.5) is 0 Å². The molecule has 1 aliphatic rings. The SMILES string of the molecule is Cc1[nH]ncc1S(=O)(=O)N1CCN(S(C)(=O)=O)CC1. The van der Waals surface area contributed by atoms with Gasteiger partial charge in [0.2, 0.25) is 20.0 Å². The summed E-state index contributed by atoms with van der Waals surface area (Å²) in [4.78, 5) is 0.139. The number of nitrogens with zero attached hydrogens (tertiary/aromatic N) is 3. The number of rotatable bonds is 3. The van der Waals surface area contributed by atoms with E-state index in [1.165, 1.54) is 14.8 Å². The van der Waals surface area contributed by atoms with Crippen LogP contribution in [-0.4, -0.2) is 68.1 Å². The summed E-state index contributed by atoms with van der Waals surface area (Å²) in [5.74, 6) is 0. The maximum Gasteiger partial charge on any atom is 0.246 e. The van der Waals surface area contributed by atoms with Crippen molar-refractivity contribution in [2.75, 3.05) is 32.4 Å². The first-order valence-corrected chi connectivity index (χ1v) is 8.97. The Morgan fingerprint density at radius 1 is 1.11 bits per heavy atom. The van der Waals surface area contributed by atoms with Crippen molar-refractivity contribution in [2.24, 2.45) is 0 Å². The van der Waals surface area contributed by atoms with Gasteiger partial charge in [0.15, 0.2) is 0 Å². The average molecular weight is 308 g/mol. The number of piperazine rings is 1. The van der Waals surface area contributed by atoms with Gasteiger partial charge in [-0.2, -0.15) is 13.7 Å². The van der Waals surface area contributed by atoms with Crippen molar-refractivity contribution >= 4 is 20.0 Å². The molecule has 0 aromatic carbocycles. The standard InChI is InChI=1S/C9H16N4O4S2/c1-8-9(7-10-11-8)19(16,17)13-5-3-12(4-6-13)18(2,14)15/h7H,3-6H2,1-2H3,(H,10,11). The van der Waals surface area contributed by atoms with Gasteiger partial charge in [0.25, 0.3) is 0 Å². The minimum atomic E-state index is -3.60. The summed E-state index contributed by atoms with van der Waals surface area (Å²) < 4.78 is 49.9. The summed E-state index contributed by atoms with van der Waals surface area (Å²) in [5, 5.41) is 6.28. The van der Waals surface area contributed by atoms with E-state index >= 15 is 0 Å². The van der Waals surface area contributed by atoms with Crippen LogP contribution in [-0.2, 0) is 20.0 Å². The fourth-order valence-electron chi connectivity index (χ4n) is 1.98. The van der Waals surface area contributed by atoms with Crippen LogP contribution in [0.5, 0.6) is 0 Å². The molecule has 1 saturated heterocycles. The van der Waals surface area contributed by atoms with Crippen molar-refractivity contribution in [3.63, 3.8) is 0 Å². The van der Waals surface area contributed by atoms with Crippen molar-refractivity contribution in [3.8, 4) is 0 Å². The average Bonchev–Trinajstić information content (AvgIpc) is 2.75. The molecule has 19 heavy (non-hydrogen) atoms. The molecule has 0 saturated carbocycles. The van der Waals surface area contributed by atoms with Crippen LogP contribution in [0.3, 0.4) is 0 Å². The first-order chi connectivity index (χ1) is 8.73. The van der Waals surface area contributed by atoms with Crippen LogP contribution in [0.2, 0.25) is 0 Å². The van der Waals surface area contributed by atoms with Crippen LogP contribution >= 0.6 is 0 Å². The highest BCUT2D eigenvalue weighted by atomic mass is 32.2. The summed E-state index contributed by atoms with van der Waals surface area (Å²) in [7, 11) is -6.86. The molecule has 1 N–H and O–H groups in total. The van der Waals surface area contributed by atoms with Crippen LogP contribution < -0.4 is 0 Å². The minimum Gasteiger partial charge on any atom is -0.281 e. The minimum absolute atomic E-state index is 0.139. The van der Waals surface area contributed by atoms with Crippen molar-refractivity contribution in [3.05, 3.63) is 11.9 Å². The number of aromatic nitrogens is 2. The summed E-state index contributed by atoms with van der Waals surface area (Å²) in [6, 6.07) is 0. The van der Waals surface area contributed by atoms with Crippen LogP contribution in [0.15, 0.2) is 11.1 Å². The molecule has 108 valence electrons. The largest absolute Gasteiger partial charge is 0.281 e. The van der Waals surface area contributed by atoms with Gasteiger partial charge in [-0.1, -0.05) is 0 Å². The molecule has 1 aromatic heterocycles. The quantitative estimate of drug-likeness (QED) is 0.770. The predicted molar refractivity (Wildman–Crippen MR) is 68.5 cm³/mol. The molecule has 10 heteroatoms.